The van der Waals surface area contributed by atoms with Gasteiger partial charge in [0.25, 0.3) is 0 Å². The quantitative estimate of drug-likeness (QED) is 0.643. The molecule has 19 heavy (non-hydrogen) atoms. The number of carbonyl (C=O) groups excluding carboxylic acids is 1. The van der Waals surface area contributed by atoms with Crippen molar-refractivity contribution in [3.05, 3.63) is 18.2 Å². The van der Waals surface area contributed by atoms with Gasteiger partial charge in [-0.1, -0.05) is 0 Å². The Bertz CT molecular complexity index is 571. The Hall–Kier alpha value is -1.80. The number of rotatable bonds is 5. The van der Waals surface area contributed by atoms with E-state index < -0.39 is 22.0 Å². The zero-order valence-corrected chi connectivity index (χ0v) is 11.7. The maximum Gasteiger partial charge on any atom is 0.244 e. The molecule has 0 aliphatic heterocycles. The van der Waals surface area contributed by atoms with E-state index in [2.05, 4.69) is 10.0 Å². The lowest BCUT2D eigenvalue weighted by Gasteiger charge is -2.15. The van der Waals surface area contributed by atoms with Crippen LogP contribution in [-0.2, 0) is 14.8 Å². The number of ether oxygens (including phenoxy) is 1. The number of benzene rings is 1. The normalized spacial score (nSPS) is 12.8. The molecule has 7 nitrogen and oxygen atoms in total. The topological polar surface area (TPSA) is 111 Å². The van der Waals surface area contributed by atoms with Crippen molar-refractivity contribution in [1.29, 1.82) is 0 Å². The molecule has 0 spiro atoms. The summed E-state index contributed by atoms with van der Waals surface area (Å²) in [4.78, 5) is 11.3. The van der Waals surface area contributed by atoms with Gasteiger partial charge in [0.05, 0.1) is 13.2 Å². The Labute approximate surface area is 112 Å². The van der Waals surface area contributed by atoms with E-state index >= 15 is 0 Å². The van der Waals surface area contributed by atoms with Crippen molar-refractivity contribution in [2.75, 3.05) is 19.9 Å². The molecule has 1 aromatic carbocycles. The maximum absolute atomic E-state index is 12.1. The molecular formula is C11H17N3O4S. The van der Waals surface area contributed by atoms with Gasteiger partial charge in [0.2, 0.25) is 15.9 Å². The lowest BCUT2D eigenvalue weighted by Crippen LogP contribution is -2.43. The van der Waals surface area contributed by atoms with Gasteiger partial charge < -0.3 is 15.8 Å². The molecule has 0 heterocycles. The smallest absolute Gasteiger partial charge is 0.244 e. The van der Waals surface area contributed by atoms with Gasteiger partial charge in [-0.2, -0.15) is 4.72 Å². The highest BCUT2D eigenvalue weighted by molar-refractivity contribution is 7.89. The van der Waals surface area contributed by atoms with Crippen LogP contribution in [0.5, 0.6) is 5.75 Å². The first-order chi connectivity index (χ1) is 8.81. The van der Waals surface area contributed by atoms with Crippen LogP contribution < -0.4 is 20.5 Å². The van der Waals surface area contributed by atoms with Crippen molar-refractivity contribution in [2.45, 2.75) is 17.9 Å². The molecule has 0 fully saturated rings. The average molecular weight is 287 g/mol. The molecule has 0 radical (unpaired) electrons. The van der Waals surface area contributed by atoms with Crippen LogP contribution in [0.2, 0.25) is 0 Å². The largest absolute Gasteiger partial charge is 0.495 e. The summed E-state index contributed by atoms with van der Waals surface area (Å²) in [6.07, 6.45) is 0. The second kappa shape index (κ2) is 5.89. The van der Waals surface area contributed by atoms with E-state index in [4.69, 9.17) is 10.5 Å². The molecule has 106 valence electrons. The minimum Gasteiger partial charge on any atom is -0.495 e. The lowest BCUT2D eigenvalue weighted by atomic mass is 10.3. The first-order valence-electron chi connectivity index (χ1n) is 5.49. The standard InChI is InChI=1S/C11H17N3O4S/c1-7(11(15)13-2)14-19(16,17)10-5-4-8(12)6-9(10)18-3/h4-7,14H,12H2,1-3H3,(H,13,15). The van der Waals surface area contributed by atoms with Crippen LogP contribution >= 0.6 is 0 Å². The van der Waals surface area contributed by atoms with Gasteiger partial charge in [-0.25, -0.2) is 8.42 Å². The molecule has 1 atom stereocenters. The molecule has 1 aromatic rings. The number of nitrogens with one attached hydrogen (secondary N) is 2. The van der Waals surface area contributed by atoms with Crippen LogP contribution in [0, 0.1) is 0 Å². The third-order valence-corrected chi connectivity index (χ3v) is 4.03. The van der Waals surface area contributed by atoms with Crippen molar-refractivity contribution >= 4 is 21.6 Å². The van der Waals surface area contributed by atoms with Gasteiger partial charge in [0.1, 0.15) is 10.6 Å². The Morgan fingerprint density at radius 2 is 2.05 bits per heavy atom. The van der Waals surface area contributed by atoms with Crippen LogP contribution in [-0.4, -0.2) is 34.5 Å². The van der Waals surface area contributed by atoms with Gasteiger partial charge >= 0.3 is 0 Å². The number of nitrogens with two attached hydrogens (primary N) is 1. The SMILES string of the molecule is CNC(=O)C(C)NS(=O)(=O)c1ccc(N)cc1OC. The first-order valence-corrected chi connectivity index (χ1v) is 6.97. The van der Waals surface area contributed by atoms with Crippen molar-refractivity contribution in [3.8, 4) is 5.75 Å². The van der Waals surface area contributed by atoms with Crippen LogP contribution in [0.1, 0.15) is 6.92 Å². The van der Waals surface area contributed by atoms with E-state index in [1.807, 2.05) is 0 Å². The molecule has 1 amide bonds. The number of hydrogen-bond donors (Lipinski definition) is 3. The molecule has 1 unspecified atom stereocenters. The predicted octanol–water partition coefficient (Wildman–Crippen LogP) is -0.310. The van der Waals surface area contributed by atoms with Crippen molar-refractivity contribution in [1.82, 2.24) is 10.0 Å². The maximum atomic E-state index is 12.1. The number of anilines is 1. The summed E-state index contributed by atoms with van der Waals surface area (Å²) in [7, 11) is -1.09. The average Bonchev–Trinajstić information content (AvgIpc) is 2.36. The summed E-state index contributed by atoms with van der Waals surface area (Å²) >= 11 is 0. The highest BCUT2D eigenvalue weighted by atomic mass is 32.2. The highest BCUT2D eigenvalue weighted by Crippen LogP contribution is 2.25. The lowest BCUT2D eigenvalue weighted by molar-refractivity contribution is -0.121. The summed E-state index contributed by atoms with van der Waals surface area (Å²) in [6, 6.07) is 3.28. The first kappa shape index (κ1) is 15.3. The monoisotopic (exact) mass is 287 g/mol. The number of methoxy groups -OCH3 is 1. The molecule has 0 saturated carbocycles. The van der Waals surface area contributed by atoms with Crippen LogP contribution in [0.3, 0.4) is 0 Å². The van der Waals surface area contributed by atoms with Gasteiger partial charge in [-0.05, 0) is 19.1 Å². The minimum absolute atomic E-state index is 0.0695. The summed E-state index contributed by atoms with van der Waals surface area (Å²) in [5, 5.41) is 2.36. The zero-order valence-electron chi connectivity index (χ0n) is 10.9. The van der Waals surface area contributed by atoms with E-state index in [9.17, 15) is 13.2 Å². The fourth-order valence-electron chi connectivity index (χ4n) is 1.47. The van der Waals surface area contributed by atoms with Crippen LogP contribution in [0.25, 0.3) is 0 Å². The van der Waals surface area contributed by atoms with E-state index in [1.54, 1.807) is 0 Å². The minimum atomic E-state index is -3.87. The summed E-state index contributed by atoms with van der Waals surface area (Å²) in [6.45, 7) is 1.44. The van der Waals surface area contributed by atoms with Gasteiger partial charge in [0, 0.05) is 18.8 Å². The Balaban J connectivity index is 3.10. The molecule has 0 bridgehead atoms. The summed E-state index contributed by atoms with van der Waals surface area (Å²) < 4.78 is 31.5. The highest BCUT2D eigenvalue weighted by Gasteiger charge is 2.24. The summed E-state index contributed by atoms with van der Waals surface area (Å²) in [5.41, 5.74) is 5.94. The molecule has 4 N–H and O–H groups in total. The Kier molecular flexibility index (Phi) is 4.73. The third kappa shape index (κ3) is 3.58. The van der Waals surface area contributed by atoms with Crippen molar-refractivity contribution < 1.29 is 17.9 Å². The van der Waals surface area contributed by atoms with E-state index in [0.717, 1.165) is 0 Å². The molecule has 0 saturated heterocycles. The molecule has 0 aliphatic carbocycles. The third-order valence-electron chi connectivity index (χ3n) is 2.45. The number of hydrogen-bond acceptors (Lipinski definition) is 5. The van der Waals surface area contributed by atoms with Crippen molar-refractivity contribution in [2.24, 2.45) is 0 Å². The van der Waals surface area contributed by atoms with E-state index in [-0.39, 0.29) is 10.6 Å². The number of carbonyl (C=O) groups is 1. The fraction of sp³-hybridized carbons (Fsp3) is 0.364. The van der Waals surface area contributed by atoms with E-state index in [0.29, 0.717) is 5.69 Å². The van der Waals surface area contributed by atoms with Crippen LogP contribution in [0.4, 0.5) is 5.69 Å². The molecule has 0 aromatic heterocycles. The molecule has 1 rings (SSSR count). The van der Waals surface area contributed by atoms with Gasteiger partial charge in [0.15, 0.2) is 0 Å². The van der Waals surface area contributed by atoms with Gasteiger partial charge in [-0.15, -0.1) is 0 Å². The van der Waals surface area contributed by atoms with Gasteiger partial charge in [-0.3, -0.25) is 4.79 Å². The van der Waals surface area contributed by atoms with Crippen LogP contribution in [0.15, 0.2) is 23.1 Å². The molecular weight excluding hydrogens is 270 g/mol. The summed E-state index contributed by atoms with van der Waals surface area (Å²) in [5.74, 6) is -0.311. The number of amides is 1. The van der Waals surface area contributed by atoms with E-state index in [1.165, 1.54) is 39.3 Å². The molecule has 0 aliphatic rings. The predicted molar refractivity (Wildman–Crippen MR) is 71.3 cm³/mol. The zero-order chi connectivity index (χ0) is 14.6. The van der Waals surface area contributed by atoms with Crippen molar-refractivity contribution in [3.63, 3.8) is 0 Å². The Morgan fingerprint density at radius 1 is 1.42 bits per heavy atom. The second-order valence-electron chi connectivity index (χ2n) is 3.87. The number of sulfonamides is 1. The number of likely N-dealkylation sites (N-methyl/N-ethyl adjacent to an activating group) is 1. The fourth-order valence-corrected chi connectivity index (χ4v) is 2.83. The Morgan fingerprint density at radius 3 is 2.58 bits per heavy atom. The number of nitrogen functional groups attached to an aromatic ring is 1. The molecule has 8 heteroatoms. The second-order valence-corrected chi connectivity index (χ2v) is 5.55.